The third-order valence-electron chi connectivity index (χ3n) is 3.13. The SMILES string of the molecule is CCOCCNC(=O)c1cnn(-c2ccc(OCC)nn2)c1C. The van der Waals surface area contributed by atoms with Crippen molar-refractivity contribution in [3.8, 4) is 11.7 Å². The van der Waals surface area contributed by atoms with Crippen molar-refractivity contribution in [2.24, 2.45) is 0 Å². The molecule has 0 saturated carbocycles. The third-order valence-corrected chi connectivity index (χ3v) is 3.13. The van der Waals surface area contributed by atoms with Crippen molar-refractivity contribution in [1.29, 1.82) is 0 Å². The van der Waals surface area contributed by atoms with E-state index in [1.165, 1.54) is 6.20 Å². The van der Waals surface area contributed by atoms with Crippen LogP contribution in [0.3, 0.4) is 0 Å². The lowest BCUT2D eigenvalue weighted by atomic mass is 10.2. The predicted molar refractivity (Wildman–Crippen MR) is 83.9 cm³/mol. The Kier molecular flexibility index (Phi) is 6.04. The average Bonchev–Trinajstić information content (AvgIpc) is 2.94. The summed E-state index contributed by atoms with van der Waals surface area (Å²) in [5.41, 5.74) is 1.19. The van der Waals surface area contributed by atoms with E-state index in [2.05, 4.69) is 20.6 Å². The molecular weight excluding hydrogens is 298 g/mol. The molecule has 0 spiro atoms. The quantitative estimate of drug-likeness (QED) is 0.734. The van der Waals surface area contributed by atoms with Gasteiger partial charge < -0.3 is 14.8 Å². The Morgan fingerprint density at radius 1 is 1.26 bits per heavy atom. The van der Waals surface area contributed by atoms with Gasteiger partial charge in [-0.1, -0.05) is 0 Å². The first-order valence-electron chi connectivity index (χ1n) is 7.54. The molecule has 0 saturated heterocycles. The van der Waals surface area contributed by atoms with Crippen molar-refractivity contribution in [2.75, 3.05) is 26.4 Å². The fourth-order valence-corrected chi connectivity index (χ4v) is 1.99. The van der Waals surface area contributed by atoms with E-state index >= 15 is 0 Å². The first kappa shape index (κ1) is 16.9. The molecule has 8 heteroatoms. The molecule has 0 fully saturated rings. The lowest BCUT2D eigenvalue weighted by Gasteiger charge is -2.06. The number of aromatic nitrogens is 4. The smallest absolute Gasteiger partial charge is 0.254 e. The van der Waals surface area contributed by atoms with Crippen LogP contribution >= 0.6 is 0 Å². The van der Waals surface area contributed by atoms with Gasteiger partial charge in [0.2, 0.25) is 5.88 Å². The van der Waals surface area contributed by atoms with E-state index in [0.29, 0.717) is 49.3 Å². The van der Waals surface area contributed by atoms with Gasteiger partial charge in [0.1, 0.15) is 0 Å². The van der Waals surface area contributed by atoms with Gasteiger partial charge >= 0.3 is 0 Å². The second kappa shape index (κ2) is 8.23. The molecule has 2 rings (SSSR count). The fraction of sp³-hybridized carbons (Fsp3) is 0.467. The number of nitrogens with zero attached hydrogens (tertiary/aromatic N) is 4. The Hall–Kier alpha value is -2.48. The van der Waals surface area contributed by atoms with Crippen molar-refractivity contribution >= 4 is 5.91 Å². The predicted octanol–water partition coefficient (Wildman–Crippen LogP) is 1.14. The minimum atomic E-state index is -0.188. The summed E-state index contributed by atoms with van der Waals surface area (Å²) in [6.07, 6.45) is 1.52. The number of carbonyl (C=O) groups excluding carboxylic acids is 1. The van der Waals surface area contributed by atoms with E-state index in [0.717, 1.165) is 0 Å². The van der Waals surface area contributed by atoms with Crippen LogP contribution in [0.4, 0.5) is 0 Å². The van der Waals surface area contributed by atoms with Crippen LogP contribution in [0.2, 0.25) is 0 Å². The second-order valence-electron chi connectivity index (χ2n) is 4.67. The first-order valence-corrected chi connectivity index (χ1v) is 7.54. The first-order chi connectivity index (χ1) is 11.2. The van der Waals surface area contributed by atoms with Gasteiger partial charge in [-0.3, -0.25) is 4.79 Å². The maximum Gasteiger partial charge on any atom is 0.254 e. The number of ether oxygens (including phenoxy) is 2. The Morgan fingerprint density at radius 3 is 2.74 bits per heavy atom. The highest BCUT2D eigenvalue weighted by molar-refractivity contribution is 5.95. The molecule has 2 aromatic rings. The van der Waals surface area contributed by atoms with Crippen LogP contribution in [0.5, 0.6) is 5.88 Å². The molecule has 0 radical (unpaired) electrons. The standard InChI is InChI=1S/C15H21N5O3/c1-4-22-9-8-16-15(21)12-10-17-20(11(12)3)13-6-7-14(19-18-13)23-5-2/h6-7,10H,4-5,8-9H2,1-3H3,(H,16,21). The molecule has 0 aliphatic heterocycles. The van der Waals surface area contributed by atoms with Crippen molar-refractivity contribution in [1.82, 2.24) is 25.3 Å². The maximum absolute atomic E-state index is 12.1. The number of hydrogen-bond acceptors (Lipinski definition) is 6. The molecule has 0 aliphatic carbocycles. The van der Waals surface area contributed by atoms with Crippen molar-refractivity contribution < 1.29 is 14.3 Å². The number of hydrogen-bond donors (Lipinski definition) is 1. The molecule has 1 amide bonds. The number of rotatable bonds is 8. The van der Waals surface area contributed by atoms with Gasteiger partial charge in [0.05, 0.1) is 30.7 Å². The highest BCUT2D eigenvalue weighted by atomic mass is 16.5. The minimum absolute atomic E-state index is 0.188. The molecule has 2 heterocycles. The summed E-state index contributed by atoms with van der Waals surface area (Å²) in [5.74, 6) is 0.793. The zero-order valence-electron chi connectivity index (χ0n) is 13.6. The molecule has 0 aliphatic rings. The topological polar surface area (TPSA) is 91.2 Å². The summed E-state index contributed by atoms with van der Waals surface area (Å²) in [6, 6.07) is 3.46. The van der Waals surface area contributed by atoms with Crippen LogP contribution in [0.1, 0.15) is 29.9 Å². The van der Waals surface area contributed by atoms with Crippen LogP contribution in [-0.2, 0) is 4.74 Å². The number of nitrogens with one attached hydrogen (secondary N) is 1. The monoisotopic (exact) mass is 319 g/mol. The van der Waals surface area contributed by atoms with Gasteiger partial charge in [0, 0.05) is 19.2 Å². The largest absolute Gasteiger partial charge is 0.477 e. The Morgan fingerprint density at radius 2 is 2.09 bits per heavy atom. The van der Waals surface area contributed by atoms with Crippen LogP contribution in [0.25, 0.3) is 5.82 Å². The molecule has 0 bridgehead atoms. The van der Waals surface area contributed by atoms with E-state index < -0.39 is 0 Å². The summed E-state index contributed by atoms with van der Waals surface area (Å²) in [7, 11) is 0. The summed E-state index contributed by atoms with van der Waals surface area (Å²) in [5, 5.41) is 15.0. The normalized spacial score (nSPS) is 10.6. The van der Waals surface area contributed by atoms with Crippen molar-refractivity contribution in [2.45, 2.75) is 20.8 Å². The fourth-order valence-electron chi connectivity index (χ4n) is 1.99. The highest BCUT2D eigenvalue weighted by Crippen LogP contribution is 2.13. The summed E-state index contributed by atoms with van der Waals surface area (Å²) >= 11 is 0. The average molecular weight is 319 g/mol. The van der Waals surface area contributed by atoms with Crippen molar-refractivity contribution in [3.63, 3.8) is 0 Å². The van der Waals surface area contributed by atoms with E-state index in [-0.39, 0.29) is 5.91 Å². The van der Waals surface area contributed by atoms with Gasteiger partial charge in [-0.05, 0) is 26.8 Å². The molecule has 2 aromatic heterocycles. The number of amides is 1. The van der Waals surface area contributed by atoms with Gasteiger partial charge in [-0.25, -0.2) is 4.68 Å². The zero-order valence-corrected chi connectivity index (χ0v) is 13.6. The van der Waals surface area contributed by atoms with Crippen LogP contribution in [0, 0.1) is 6.92 Å². The zero-order chi connectivity index (χ0) is 16.7. The summed E-state index contributed by atoms with van der Waals surface area (Å²) in [4.78, 5) is 12.1. The number of carbonyl (C=O) groups is 1. The van der Waals surface area contributed by atoms with E-state index in [1.807, 2.05) is 20.8 Å². The molecule has 8 nitrogen and oxygen atoms in total. The summed E-state index contributed by atoms with van der Waals surface area (Å²) in [6.45, 7) is 7.70. The lowest BCUT2D eigenvalue weighted by Crippen LogP contribution is -2.27. The lowest BCUT2D eigenvalue weighted by molar-refractivity contribution is 0.0922. The second-order valence-corrected chi connectivity index (χ2v) is 4.67. The molecule has 0 atom stereocenters. The van der Waals surface area contributed by atoms with Crippen LogP contribution in [0.15, 0.2) is 18.3 Å². The highest BCUT2D eigenvalue weighted by Gasteiger charge is 2.15. The maximum atomic E-state index is 12.1. The van der Waals surface area contributed by atoms with E-state index in [4.69, 9.17) is 9.47 Å². The Labute approximate surface area is 134 Å². The Bertz CT molecular complexity index is 639. The van der Waals surface area contributed by atoms with E-state index in [9.17, 15) is 4.79 Å². The van der Waals surface area contributed by atoms with Crippen LogP contribution < -0.4 is 10.1 Å². The molecule has 124 valence electrons. The van der Waals surface area contributed by atoms with Gasteiger partial charge in [-0.2, -0.15) is 5.10 Å². The van der Waals surface area contributed by atoms with Crippen molar-refractivity contribution in [3.05, 3.63) is 29.6 Å². The van der Waals surface area contributed by atoms with Gasteiger partial charge in [-0.15, -0.1) is 10.2 Å². The molecule has 23 heavy (non-hydrogen) atoms. The molecule has 0 aromatic carbocycles. The Balaban J connectivity index is 2.07. The summed E-state index contributed by atoms with van der Waals surface area (Å²) < 4.78 is 12.0. The molecule has 0 unspecified atom stereocenters. The minimum Gasteiger partial charge on any atom is -0.477 e. The van der Waals surface area contributed by atoms with E-state index in [1.54, 1.807) is 16.8 Å². The van der Waals surface area contributed by atoms with Crippen LogP contribution in [-0.4, -0.2) is 52.3 Å². The third kappa shape index (κ3) is 4.26. The molecular formula is C15H21N5O3. The molecule has 1 N–H and O–H groups in total. The van der Waals surface area contributed by atoms with Gasteiger partial charge in [0.15, 0.2) is 5.82 Å². The van der Waals surface area contributed by atoms with Gasteiger partial charge in [0.25, 0.3) is 5.91 Å².